The third kappa shape index (κ3) is 4.47. The smallest absolute Gasteiger partial charge is 0.137 e. The fraction of sp³-hybridized carbons (Fsp3) is 0.240. The topological polar surface area (TPSA) is 58.9 Å². The molecule has 0 saturated heterocycles. The van der Waals surface area contributed by atoms with E-state index in [2.05, 4.69) is 73.4 Å². The number of aliphatic imine (C=N–C) groups is 1. The summed E-state index contributed by atoms with van der Waals surface area (Å²) in [4.78, 5) is 7.82. The molecule has 0 aliphatic carbocycles. The van der Waals surface area contributed by atoms with Gasteiger partial charge in [0, 0.05) is 59.8 Å². The lowest BCUT2D eigenvalue weighted by Gasteiger charge is -2.11. The van der Waals surface area contributed by atoms with Crippen molar-refractivity contribution in [2.24, 2.45) is 4.99 Å². The van der Waals surface area contributed by atoms with Crippen LogP contribution in [0.5, 0.6) is 0 Å². The Labute approximate surface area is 186 Å². The molecule has 0 radical (unpaired) electrons. The number of halogens is 1. The van der Waals surface area contributed by atoms with Crippen molar-refractivity contribution in [1.82, 2.24) is 19.7 Å². The fourth-order valence-corrected chi connectivity index (χ4v) is 4.25. The number of hydrogen-bond acceptors (Lipinski definition) is 3. The second-order valence-corrected chi connectivity index (χ2v) is 8.31. The van der Waals surface area contributed by atoms with E-state index in [4.69, 9.17) is 11.6 Å². The summed E-state index contributed by atoms with van der Waals surface area (Å²) in [6, 6.07) is 16.3. The number of H-pyrrole nitrogens is 1. The maximum atomic E-state index is 6.06. The first-order chi connectivity index (χ1) is 15.3. The zero-order valence-electron chi connectivity index (χ0n) is 17.3. The van der Waals surface area contributed by atoms with Crippen LogP contribution in [0.15, 0.2) is 71.5 Å². The second-order valence-electron chi connectivity index (χ2n) is 7.87. The van der Waals surface area contributed by atoms with Gasteiger partial charge < -0.3 is 9.55 Å². The minimum absolute atomic E-state index is 0.735. The zero-order valence-corrected chi connectivity index (χ0v) is 18.0. The highest BCUT2D eigenvalue weighted by Crippen LogP contribution is 2.22. The minimum Gasteiger partial charge on any atom is -0.361 e. The number of aromatic nitrogens is 4. The summed E-state index contributed by atoms with van der Waals surface area (Å²) in [5.74, 6) is 1.98. The molecular weight excluding hydrogens is 406 g/mol. The SMILES string of the molecule is Clc1ccc(Cc2nnc(Cc3c[nH]c4ccccc34)n2CCCC2=CCC=N2)cc1. The van der Waals surface area contributed by atoms with E-state index in [1.165, 1.54) is 22.2 Å². The highest BCUT2D eigenvalue weighted by atomic mass is 35.5. The highest BCUT2D eigenvalue weighted by Gasteiger charge is 2.15. The molecule has 1 N–H and O–H groups in total. The Bertz CT molecular complexity index is 1250. The molecule has 0 unspecified atom stereocenters. The Kier molecular flexibility index (Phi) is 5.67. The Balaban J connectivity index is 1.41. The first kappa shape index (κ1) is 19.8. The van der Waals surface area contributed by atoms with Crippen molar-refractivity contribution in [2.75, 3.05) is 0 Å². The molecule has 2 aromatic heterocycles. The monoisotopic (exact) mass is 429 g/mol. The Morgan fingerprint density at radius 2 is 1.77 bits per heavy atom. The van der Waals surface area contributed by atoms with Crippen LogP contribution in [0.25, 0.3) is 10.9 Å². The molecule has 5 rings (SSSR count). The van der Waals surface area contributed by atoms with Crippen molar-refractivity contribution in [3.63, 3.8) is 0 Å². The van der Waals surface area contributed by atoms with E-state index >= 15 is 0 Å². The average molecular weight is 430 g/mol. The van der Waals surface area contributed by atoms with Gasteiger partial charge >= 0.3 is 0 Å². The van der Waals surface area contributed by atoms with Crippen LogP contribution in [0.2, 0.25) is 5.02 Å². The molecule has 0 atom stereocenters. The fourth-order valence-electron chi connectivity index (χ4n) is 4.12. The van der Waals surface area contributed by atoms with Gasteiger partial charge in [0.15, 0.2) is 0 Å². The molecule has 5 nitrogen and oxygen atoms in total. The van der Waals surface area contributed by atoms with E-state index in [1.807, 2.05) is 18.3 Å². The lowest BCUT2D eigenvalue weighted by molar-refractivity contribution is 0.594. The number of benzene rings is 2. The molecule has 0 spiro atoms. The van der Waals surface area contributed by atoms with Gasteiger partial charge in [0.05, 0.1) is 0 Å². The molecule has 31 heavy (non-hydrogen) atoms. The van der Waals surface area contributed by atoms with E-state index in [9.17, 15) is 0 Å². The summed E-state index contributed by atoms with van der Waals surface area (Å²) < 4.78 is 2.29. The van der Waals surface area contributed by atoms with Crippen molar-refractivity contribution in [3.05, 3.63) is 94.3 Å². The van der Waals surface area contributed by atoms with E-state index in [0.29, 0.717) is 0 Å². The first-order valence-electron chi connectivity index (χ1n) is 10.7. The number of aromatic amines is 1. The maximum Gasteiger partial charge on any atom is 0.137 e. The van der Waals surface area contributed by atoms with Crippen LogP contribution >= 0.6 is 11.6 Å². The van der Waals surface area contributed by atoms with Crippen LogP contribution in [-0.4, -0.2) is 26.0 Å². The largest absolute Gasteiger partial charge is 0.361 e. The Hall–Kier alpha value is -3.18. The lowest BCUT2D eigenvalue weighted by atomic mass is 10.1. The molecule has 0 amide bonds. The standard InChI is InChI=1S/C25H24ClN5/c26-20-11-9-18(10-12-20)15-24-29-30-25(31(24)14-4-6-21-5-3-13-27-21)16-19-17-28-23-8-2-1-7-22(19)23/h1-2,5,7-13,17,28H,3-4,6,14-16H2. The van der Waals surface area contributed by atoms with Crippen molar-refractivity contribution >= 4 is 28.7 Å². The Morgan fingerprint density at radius 3 is 2.58 bits per heavy atom. The molecule has 156 valence electrons. The molecule has 2 aromatic carbocycles. The van der Waals surface area contributed by atoms with Gasteiger partial charge in [-0.2, -0.15) is 0 Å². The number of rotatable bonds is 8. The lowest BCUT2D eigenvalue weighted by Crippen LogP contribution is -2.09. The predicted molar refractivity (Wildman–Crippen MR) is 126 cm³/mol. The molecule has 1 aliphatic rings. The molecule has 0 saturated carbocycles. The van der Waals surface area contributed by atoms with Crippen LogP contribution < -0.4 is 0 Å². The van der Waals surface area contributed by atoms with Crippen molar-refractivity contribution < 1.29 is 0 Å². The third-order valence-corrected chi connectivity index (χ3v) is 5.99. The van der Waals surface area contributed by atoms with Crippen molar-refractivity contribution in [1.29, 1.82) is 0 Å². The number of hydrogen-bond donors (Lipinski definition) is 1. The summed E-state index contributed by atoms with van der Waals surface area (Å²) in [6.07, 6.45) is 10.7. The van der Waals surface area contributed by atoms with Crippen molar-refractivity contribution in [2.45, 2.75) is 38.6 Å². The van der Waals surface area contributed by atoms with Gasteiger partial charge in [0.1, 0.15) is 11.6 Å². The van der Waals surface area contributed by atoms with Gasteiger partial charge in [-0.25, -0.2) is 0 Å². The second kappa shape index (κ2) is 8.90. The van der Waals surface area contributed by atoms with Gasteiger partial charge in [-0.1, -0.05) is 48.0 Å². The average Bonchev–Trinajstić information content (AvgIpc) is 3.53. The predicted octanol–water partition coefficient (Wildman–Crippen LogP) is 5.73. The first-order valence-corrected chi connectivity index (χ1v) is 11.1. The Morgan fingerprint density at radius 1 is 0.968 bits per heavy atom. The van der Waals surface area contributed by atoms with Gasteiger partial charge in [-0.15, -0.1) is 10.2 Å². The van der Waals surface area contributed by atoms with Crippen LogP contribution in [0.1, 0.15) is 42.0 Å². The molecule has 0 bridgehead atoms. The third-order valence-electron chi connectivity index (χ3n) is 5.73. The van der Waals surface area contributed by atoms with Gasteiger partial charge in [0.2, 0.25) is 0 Å². The summed E-state index contributed by atoms with van der Waals surface area (Å²) in [6.45, 7) is 0.875. The van der Waals surface area contributed by atoms with Gasteiger partial charge in [-0.05, 0) is 42.2 Å². The van der Waals surface area contributed by atoms with Crippen molar-refractivity contribution in [3.8, 4) is 0 Å². The van der Waals surface area contributed by atoms with Crippen LogP contribution in [-0.2, 0) is 19.4 Å². The quantitative estimate of drug-likeness (QED) is 0.388. The minimum atomic E-state index is 0.735. The number of allylic oxidation sites excluding steroid dienone is 2. The molecule has 0 fully saturated rings. The van der Waals surface area contributed by atoms with Crippen LogP contribution in [0.3, 0.4) is 0 Å². The molecule has 1 aliphatic heterocycles. The van der Waals surface area contributed by atoms with Gasteiger partial charge in [0.25, 0.3) is 0 Å². The summed E-state index contributed by atoms with van der Waals surface area (Å²) in [5, 5.41) is 11.1. The molecule has 3 heterocycles. The van der Waals surface area contributed by atoms with E-state index in [1.54, 1.807) is 0 Å². The van der Waals surface area contributed by atoms with Gasteiger partial charge in [-0.3, -0.25) is 4.99 Å². The summed E-state index contributed by atoms with van der Waals surface area (Å²) in [5.41, 5.74) is 4.76. The van der Waals surface area contributed by atoms with E-state index in [-0.39, 0.29) is 0 Å². The van der Waals surface area contributed by atoms with E-state index < -0.39 is 0 Å². The maximum absolute atomic E-state index is 6.06. The number of nitrogens with zero attached hydrogens (tertiary/aromatic N) is 4. The highest BCUT2D eigenvalue weighted by molar-refractivity contribution is 6.30. The molecule has 6 heteroatoms. The normalized spacial score (nSPS) is 13.3. The number of fused-ring (bicyclic) bond motifs is 1. The summed E-state index contributed by atoms with van der Waals surface area (Å²) in [7, 11) is 0. The number of nitrogens with one attached hydrogen (secondary N) is 1. The number of para-hydroxylation sites is 1. The zero-order chi connectivity index (χ0) is 21.0. The molecule has 4 aromatic rings. The van der Waals surface area contributed by atoms with Crippen LogP contribution in [0.4, 0.5) is 0 Å². The van der Waals surface area contributed by atoms with E-state index in [0.717, 1.165) is 60.8 Å². The summed E-state index contributed by atoms with van der Waals surface area (Å²) >= 11 is 6.06. The molecular formula is C25H24ClN5. The van der Waals surface area contributed by atoms with Crippen LogP contribution in [0, 0.1) is 0 Å².